The maximum absolute atomic E-state index is 11.5. The number of carbonyl (C=O) groups is 2. The van der Waals surface area contributed by atoms with Gasteiger partial charge in [-0.15, -0.1) is 0 Å². The van der Waals surface area contributed by atoms with E-state index in [0.717, 1.165) is 12.8 Å². The van der Waals surface area contributed by atoms with E-state index >= 15 is 0 Å². The van der Waals surface area contributed by atoms with Crippen molar-refractivity contribution in [2.75, 3.05) is 13.2 Å². The second-order valence-corrected chi connectivity index (χ2v) is 4.33. The third kappa shape index (κ3) is 3.69. The van der Waals surface area contributed by atoms with Crippen LogP contribution in [0.1, 0.15) is 26.7 Å². The van der Waals surface area contributed by atoms with Crippen molar-refractivity contribution in [2.24, 2.45) is 0 Å². The number of urea groups is 1. The number of hydrogen-bond donors (Lipinski definition) is 3. The van der Waals surface area contributed by atoms with Crippen molar-refractivity contribution in [3.8, 4) is 0 Å². The van der Waals surface area contributed by atoms with Crippen molar-refractivity contribution in [2.45, 2.75) is 38.3 Å². The van der Waals surface area contributed by atoms with Gasteiger partial charge in [-0.2, -0.15) is 0 Å². The van der Waals surface area contributed by atoms with Gasteiger partial charge < -0.3 is 20.5 Å². The van der Waals surface area contributed by atoms with Crippen LogP contribution in [0.25, 0.3) is 0 Å². The van der Waals surface area contributed by atoms with Crippen molar-refractivity contribution >= 4 is 12.0 Å². The molecule has 2 amide bonds. The molecule has 3 N–H and O–H groups in total. The maximum atomic E-state index is 11.5. The lowest BCUT2D eigenvalue weighted by Gasteiger charge is -2.34. The summed E-state index contributed by atoms with van der Waals surface area (Å²) in [6.45, 7) is 4.59. The molecule has 1 saturated heterocycles. The molecule has 1 aliphatic rings. The molecule has 6 nitrogen and oxygen atoms in total. The molecule has 0 radical (unpaired) electrons. The number of rotatable bonds is 3. The number of amides is 2. The number of carboxylic acid groups (broad SMARTS) is 1. The Morgan fingerprint density at radius 3 is 2.44 bits per heavy atom. The lowest BCUT2D eigenvalue weighted by molar-refractivity contribution is -0.138. The van der Waals surface area contributed by atoms with Gasteiger partial charge in [0.15, 0.2) is 0 Å². The zero-order valence-electron chi connectivity index (χ0n) is 9.58. The summed E-state index contributed by atoms with van der Waals surface area (Å²) in [5.74, 6) is -1.05. The van der Waals surface area contributed by atoms with Crippen LogP contribution in [0.3, 0.4) is 0 Å². The molecule has 0 saturated carbocycles. The monoisotopic (exact) mass is 230 g/mol. The Hall–Kier alpha value is -1.30. The first-order valence-corrected chi connectivity index (χ1v) is 5.32. The molecule has 1 heterocycles. The Morgan fingerprint density at radius 2 is 1.94 bits per heavy atom. The van der Waals surface area contributed by atoms with Crippen LogP contribution in [-0.2, 0) is 9.53 Å². The molecule has 1 atom stereocenters. The van der Waals surface area contributed by atoms with E-state index in [0.29, 0.717) is 13.2 Å². The molecule has 0 unspecified atom stereocenters. The van der Waals surface area contributed by atoms with E-state index < -0.39 is 18.0 Å². The predicted molar refractivity (Wildman–Crippen MR) is 57.2 cm³/mol. The Morgan fingerprint density at radius 1 is 1.38 bits per heavy atom. The highest BCUT2D eigenvalue weighted by Gasteiger charge is 2.29. The first kappa shape index (κ1) is 12.8. The minimum absolute atomic E-state index is 0.305. The molecule has 0 aromatic heterocycles. The first-order valence-electron chi connectivity index (χ1n) is 5.32. The molecule has 0 bridgehead atoms. The fourth-order valence-corrected chi connectivity index (χ4v) is 1.52. The van der Waals surface area contributed by atoms with Crippen molar-refractivity contribution in [1.29, 1.82) is 0 Å². The van der Waals surface area contributed by atoms with Gasteiger partial charge in [-0.3, -0.25) is 4.79 Å². The number of aliphatic carboxylic acids is 1. The Labute approximate surface area is 94.3 Å². The van der Waals surface area contributed by atoms with Crippen molar-refractivity contribution < 1.29 is 19.4 Å². The van der Waals surface area contributed by atoms with Crippen molar-refractivity contribution in [1.82, 2.24) is 10.6 Å². The van der Waals surface area contributed by atoms with E-state index in [1.54, 1.807) is 0 Å². The Kier molecular flexibility index (Phi) is 4.12. The minimum Gasteiger partial charge on any atom is -0.480 e. The van der Waals surface area contributed by atoms with E-state index in [-0.39, 0.29) is 5.54 Å². The highest BCUT2D eigenvalue weighted by atomic mass is 16.5. The number of nitrogens with one attached hydrogen (secondary N) is 2. The minimum atomic E-state index is -1.05. The summed E-state index contributed by atoms with van der Waals surface area (Å²) in [7, 11) is 0. The van der Waals surface area contributed by atoms with E-state index in [1.807, 2.05) is 6.92 Å². The highest BCUT2D eigenvalue weighted by Crippen LogP contribution is 2.19. The number of carboxylic acids is 1. The average molecular weight is 230 g/mol. The Bertz CT molecular complexity index is 274. The number of hydrogen-bond acceptors (Lipinski definition) is 3. The van der Waals surface area contributed by atoms with E-state index in [2.05, 4.69) is 10.6 Å². The van der Waals surface area contributed by atoms with Crippen molar-refractivity contribution in [3.63, 3.8) is 0 Å². The van der Waals surface area contributed by atoms with Crippen LogP contribution in [0.2, 0.25) is 0 Å². The molecule has 0 aliphatic carbocycles. The maximum Gasteiger partial charge on any atom is 0.325 e. The van der Waals surface area contributed by atoms with Gasteiger partial charge >= 0.3 is 12.0 Å². The fourth-order valence-electron chi connectivity index (χ4n) is 1.52. The molecular formula is C10H18N2O4. The third-order valence-corrected chi connectivity index (χ3v) is 2.73. The molecule has 92 valence electrons. The summed E-state index contributed by atoms with van der Waals surface area (Å²) >= 11 is 0. The van der Waals surface area contributed by atoms with Crippen LogP contribution in [0.15, 0.2) is 0 Å². The molecule has 1 fully saturated rings. The van der Waals surface area contributed by atoms with E-state index in [9.17, 15) is 9.59 Å². The van der Waals surface area contributed by atoms with Gasteiger partial charge in [0.25, 0.3) is 0 Å². The van der Waals surface area contributed by atoms with E-state index in [1.165, 1.54) is 6.92 Å². The zero-order valence-corrected chi connectivity index (χ0v) is 9.58. The first-order chi connectivity index (χ1) is 7.43. The van der Waals surface area contributed by atoms with E-state index in [4.69, 9.17) is 9.84 Å². The zero-order chi connectivity index (χ0) is 12.2. The fraction of sp³-hybridized carbons (Fsp3) is 0.800. The summed E-state index contributed by atoms with van der Waals surface area (Å²) in [5.41, 5.74) is -0.305. The standard InChI is InChI=1S/C10H18N2O4/c1-7(8(13)14)11-9(15)12-10(2)3-5-16-6-4-10/h7H,3-6H2,1-2H3,(H,13,14)(H2,11,12,15)/t7-/m1/s1. The SMILES string of the molecule is C[C@@H](NC(=O)NC1(C)CCOCC1)C(=O)O. The van der Waals surface area contributed by atoms with Crippen LogP contribution in [0, 0.1) is 0 Å². The lowest BCUT2D eigenvalue weighted by atomic mass is 9.93. The molecular weight excluding hydrogens is 212 g/mol. The topological polar surface area (TPSA) is 87.7 Å². The number of ether oxygens (including phenoxy) is 1. The molecule has 0 aromatic rings. The summed E-state index contributed by atoms with van der Waals surface area (Å²) in [6.07, 6.45) is 1.48. The molecule has 1 aliphatic heterocycles. The average Bonchev–Trinajstić information content (AvgIpc) is 2.17. The van der Waals surface area contributed by atoms with Crippen LogP contribution < -0.4 is 10.6 Å². The summed E-state index contributed by atoms with van der Waals surface area (Å²) in [4.78, 5) is 22.0. The molecule has 16 heavy (non-hydrogen) atoms. The van der Waals surface area contributed by atoms with Crippen LogP contribution in [-0.4, -0.2) is 41.9 Å². The third-order valence-electron chi connectivity index (χ3n) is 2.73. The van der Waals surface area contributed by atoms with Gasteiger partial charge in [0.05, 0.1) is 0 Å². The van der Waals surface area contributed by atoms with Gasteiger partial charge in [-0.25, -0.2) is 4.79 Å². The quantitative estimate of drug-likeness (QED) is 0.652. The Balaban J connectivity index is 2.41. The van der Waals surface area contributed by atoms with Crippen LogP contribution in [0.4, 0.5) is 4.79 Å². The largest absolute Gasteiger partial charge is 0.480 e. The smallest absolute Gasteiger partial charge is 0.325 e. The van der Waals surface area contributed by atoms with Gasteiger partial charge in [0, 0.05) is 18.8 Å². The van der Waals surface area contributed by atoms with Gasteiger partial charge in [0.2, 0.25) is 0 Å². The number of carbonyl (C=O) groups excluding carboxylic acids is 1. The normalized spacial score (nSPS) is 20.9. The predicted octanol–water partition coefficient (Wildman–Crippen LogP) is 0.328. The molecule has 6 heteroatoms. The molecule has 0 aromatic carbocycles. The second-order valence-electron chi connectivity index (χ2n) is 4.33. The molecule has 1 rings (SSSR count). The lowest BCUT2D eigenvalue weighted by Crippen LogP contribution is -2.55. The summed E-state index contributed by atoms with van der Waals surface area (Å²) in [6, 6.07) is -1.33. The van der Waals surface area contributed by atoms with Crippen LogP contribution >= 0.6 is 0 Å². The van der Waals surface area contributed by atoms with Crippen molar-refractivity contribution in [3.05, 3.63) is 0 Å². The summed E-state index contributed by atoms with van der Waals surface area (Å²) in [5, 5.41) is 13.8. The second kappa shape index (κ2) is 5.16. The summed E-state index contributed by atoms with van der Waals surface area (Å²) < 4.78 is 5.20. The molecule has 0 spiro atoms. The van der Waals surface area contributed by atoms with Crippen LogP contribution in [0.5, 0.6) is 0 Å². The van der Waals surface area contributed by atoms with Gasteiger partial charge in [0.1, 0.15) is 6.04 Å². The van der Waals surface area contributed by atoms with Gasteiger partial charge in [-0.1, -0.05) is 0 Å². The van der Waals surface area contributed by atoms with Gasteiger partial charge in [-0.05, 0) is 26.7 Å². The highest BCUT2D eigenvalue weighted by molar-refractivity contribution is 5.82.